The minimum atomic E-state index is 0. The van der Waals surface area contributed by atoms with Crippen LogP contribution in [0, 0.1) is 0 Å². The Kier molecular flexibility index (Phi) is 2580. The van der Waals surface area contributed by atoms with Crippen molar-refractivity contribution in [1.82, 2.24) is 0 Å². The van der Waals surface area contributed by atoms with E-state index in [1.165, 1.54) is 0 Å². The molecular formula is Cl9MoRh. The molecule has 0 radical (unpaired) electrons. The molecule has 0 amide bonds. The molecular weight excluding hydrogens is 518 g/mol. The first-order valence-electron chi connectivity index (χ1n) is 0. The van der Waals surface area contributed by atoms with Crippen LogP contribution in [-0.4, -0.2) is 0 Å². The van der Waals surface area contributed by atoms with Crippen LogP contribution in [0.3, 0.4) is 0 Å². The molecule has 0 saturated heterocycles. The fourth-order valence-electron chi connectivity index (χ4n) is 0. The number of hydrogen-bond acceptors (Lipinski definition) is 0. The predicted molar refractivity (Wildman–Crippen MR) is 0 cm³/mol. The van der Waals surface area contributed by atoms with Gasteiger partial charge in [0.2, 0.25) is 0 Å². The van der Waals surface area contributed by atoms with Crippen LogP contribution in [0.2, 0.25) is 0 Å². The molecule has 0 aliphatic heterocycles. The predicted octanol–water partition coefficient (Wildman–Crippen LogP) is -27.0. The molecule has 0 bridgehead atoms. The van der Waals surface area contributed by atoms with Crippen LogP contribution in [0.15, 0.2) is 0 Å². The zero-order valence-corrected chi connectivity index (χ0v) is 14.6. The van der Waals surface area contributed by atoms with Crippen molar-refractivity contribution in [2.45, 2.75) is 0 Å². The van der Waals surface area contributed by atoms with Crippen molar-refractivity contribution in [3.8, 4) is 0 Å². The fraction of sp³-hybridized carbons (Fsp3) is 0. The largest absolute Gasteiger partial charge is 6.00 e. The summed E-state index contributed by atoms with van der Waals surface area (Å²) in [5.74, 6) is 0. The molecule has 11 heteroatoms. The van der Waals surface area contributed by atoms with Crippen molar-refractivity contribution in [3.63, 3.8) is 0 Å². The molecule has 0 unspecified atom stereocenters. The molecule has 0 heterocycles. The molecule has 0 aromatic rings. The third-order valence-electron chi connectivity index (χ3n) is 0. The van der Waals surface area contributed by atoms with E-state index >= 15 is 0 Å². The van der Waals surface area contributed by atoms with Gasteiger partial charge in [0.25, 0.3) is 0 Å². The standard InChI is InChI=1S/9ClH.Mo.Rh/h9*1H;;/q;;;;;;;;;+6;+3/p-9. The van der Waals surface area contributed by atoms with Gasteiger partial charge in [0.15, 0.2) is 0 Å². The van der Waals surface area contributed by atoms with Gasteiger partial charge in [-0.15, -0.1) is 0 Å². The van der Waals surface area contributed by atoms with Gasteiger partial charge in [-0.3, -0.25) is 0 Å². The summed E-state index contributed by atoms with van der Waals surface area (Å²) in [4.78, 5) is 0. The SMILES string of the molecule is [Cl-].[Cl-].[Cl-].[Cl-].[Cl-].[Cl-].[Cl-].[Cl-].[Cl-].[Mo+6].[Rh+3]. The van der Waals surface area contributed by atoms with E-state index in [9.17, 15) is 0 Å². The molecule has 0 spiro atoms. The van der Waals surface area contributed by atoms with Crippen LogP contribution in [0.1, 0.15) is 0 Å². The smallest absolute Gasteiger partial charge is 1.00 e. The third kappa shape index (κ3) is 129. The van der Waals surface area contributed by atoms with Gasteiger partial charge in [0.1, 0.15) is 0 Å². The maximum atomic E-state index is 0. The van der Waals surface area contributed by atoms with Gasteiger partial charge in [0.05, 0.1) is 0 Å². The minimum Gasteiger partial charge on any atom is -1.00 e. The van der Waals surface area contributed by atoms with E-state index in [4.69, 9.17) is 0 Å². The van der Waals surface area contributed by atoms with Crippen LogP contribution in [-0.2, 0) is 40.5 Å². The third-order valence-corrected chi connectivity index (χ3v) is 0. The Hall–Kier alpha value is 3.92. The molecule has 0 saturated carbocycles. The molecule has 0 aliphatic carbocycles. The van der Waals surface area contributed by atoms with Gasteiger partial charge in [0, 0.05) is 0 Å². The van der Waals surface area contributed by atoms with Crippen molar-refractivity contribution < 1.29 is 152 Å². The Balaban J connectivity index is 0. The second-order valence-corrected chi connectivity index (χ2v) is 0. The molecule has 0 aromatic carbocycles. The quantitative estimate of drug-likeness (QED) is 0.280. The minimum absolute atomic E-state index is 0. The Morgan fingerprint density at radius 3 is 0.273 bits per heavy atom. The van der Waals surface area contributed by atoms with Crippen molar-refractivity contribution in [1.29, 1.82) is 0 Å². The number of halogens is 9. The summed E-state index contributed by atoms with van der Waals surface area (Å²) >= 11 is 0. The maximum Gasteiger partial charge on any atom is 6.00 e. The Bertz CT molecular complexity index is 9.52. The van der Waals surface area contributed by atoms with Crippen LogP contribution < -0.4 is 112 Å². The van der Waals surface area contributed by atoms with Gasteiger partial charge in [-0.05, 0) is 0 Å². The van der Waals surface area contributed by atoms with E-state index in [1.54, 1.807) is 0 Å². The van der Waals surface area contributed by atoms with Gasteiger partial charge in [-0.25, -0.2) is 0 Å². The summed E-state index contributed by atoms with van der Waals surface area (Å²) in [5, 5.41) is 0. The van der Waals surface area contributed by atoms with E-state index < -0.39 is 0 Å². The van der Waals surface area contributed by atoms with E-state index in [2.05, 4.69) is 0 Å². The topological polar surface area (TPSA) is 0 Å². The van der Waals surface area contributed by atoms with E-state index in [1.807, 2.05) is 0 Å². The van der Waals surface area contributed by atoms with E-state index in [0.717, 1.165) is 0 Å². The molecule has 0 aromatic heterocycles. The molecule has 0 fully saturated rings. The fourth-order valence-corrected chi connectivity index (χ4v) is 0. The first kappa shape index (κ1) is 188. The van der Waals surface area contributed by atoms with Crippen molar-refractivity contribution >= 4 is 0 Å². The first-order valence-corrected chi connectivity index (χ1v) is 0. The zero-order chi connectivity index (χ0) is 0. The Morgan fingerprint density at radius 1 is 0.273 bits per heavy atom. The van der Waals surface area contributed by atoms with E-state index in [0.29, 0.717) is 0 Å². The summed E-state index contributed by atoms with van der Waals surface area (Å²) in [6, 6.07) is 0. The second-order valence-electron chi connectivity index (χ2n) is 0. The monoisotopic (exact) mass is 516 g/mol. The van der Waals surface area contributed by atoms with E-state index in [-0.39, 0.29) is 152 Å². The zero-order valence-electron chi connectivity index (χ0n) is 4.14. The average Bonchev–Trinajstić information content (AvgIpc) is 0. The average molecular weight is 518 g/mol. The van der Waals surface area contributed by atoms with Crippen molar-refractivity contribution in [3.05, 3.63) is 0 Å². The summed E-state index contributed by atoms with van der Waals surface area (Å²) < 4.78 is 0. The van der Waals surface area contributed by atoms with Crippen LogP contribution in [0.4, 0.5) is 0 Å². The van der Waals surface area contributed by atoms with Crippen LogP contribution in [0.5, 0.6) is 0 Å². The first-order chi connectivity index (χ1) is 0. The molecule has 78 valence electrons. The van der Waals surface area contributed by atoms with Crippen molar-refractivity contribution in [2.75, 3.05) is 0 Å². The van der Waals surface area contributed by atoms with Crippen molar-refractivity contribution in [2.24, 2.45) is 0 Å². The Morgan fingerprint density at radius 2 is 0.273 bits per heavy atom. The normalized spacial score (nSPS) is 0. The maximum absolute atomic E-state index is 0. The van der Waals surface area contributed by atoms with Gasteiger partial charge >= 0.3 is 40.5 Å². The molecule has 11 heavy (non-hydrogen) atoms. The number of rotatable bonds is 0. The number of hydrogen-bond donors (Lipinski definition) is 0. The van der Waals surface area contributed by atoms with Crippen LogP contribution in [0.25, 0.3) is 0 Å². The molecule has 0 aliphatic rings. The molecule has 0 atom stereocenters. The summed E-state index contributed by atoms with van der Waals surface area (Å²) in [6.45, 7) is 0. The summed E-state index contributed by atoms with van der Waals surface area (Å²) in [7, 11) is 0. The Labute approximate surface area is 150 Å². The van der Waals surface area contributed by atoms with Gasteiger partial charge < -0.3 is 112 Å². The molecule has 0 rings (SSSR count). The summed E-state index contributed by atoms with van der Waals surface area (Å²) in [5.41, 5.74) is 0. The summed E-state index contributed by atoms with van der Waals surface area (Å²) in [6.07, 6.45) is 0. The molecule has 0 N–H and O–H groups in total. The molecule has 0 nitrogen and oxygen atoms in total. The van der Waals surface area contributed by atoms with Crippen LogP contribution >= 0.6 is 0 Å². The second kappa shape index (κ2) is 151. The van der Waals surface area contributed by atoms with Gasteiger partial charge in [-0.2, -0.15) is 0 Å². The van der Waals surface area contributed by atoms with Gasteiger partial charge in [-0.1, -0.05) is 0 Å².